The number of sulfonamides is 1. The molecule has 2 N–H and O–H groups in total. The minimum absolute atomic E-state index is 0.0132. The number of aryl methyl sites for hydroxylation is 1. The average molecular weight is 412 g/mol. The van der Waals surface area contributed by atoms with E-state index in [1.807, 2.05) is 13.0 Å². The third kappa shape index (κ3) is 5.42. The Morgan fingerprint density at radius 2 is 1.72 bits per heavy atom. The van der Waals surface area contributed by atoms with E-state index >= 15 is 0 Å². The Bertz CT molecular complexity index is 1130. The zero-order chi connectivity index (χ0) is 20.9. The number of carbonyl (C=O) groups excluding carboxylic acids is 1. The minimum atomic E-state index is -3.83. The number of amides is 1. The molecular weight excluding hydrogens is 391 g/mol. The summed E-state index contributed by atoms with van der Waals surface area (Å²) >= 11 is 0. The van der Waals surface area contributed by atoms with Gasteiger partial charge in [0.25, 0.3) is 15.9 Å². The number of hydrogen-bond acceptors (Lipinski definition) is 3. The molecule has 0 fully saturated rings. The molecule has 0 radical (unpaired) electrons. The van der Waals surface area contributed by atoms with Gasteiger partial charge in [0, 0.05) is 17.8 Å². The Labute approximate surface area is 169 Å². The zero-order valence-corrected chi connectivity index (χ0v) is 16.7. The topological polar surface area (TPSA) is 75.3 Å². The summed E-state index contributed by atoms with van der Waals surface area (Å²) in [4.78, 5) is 12.4. The highest BCUT2D eigenvalue weighted by Crippen LogP contribution is 2.18. The quantitative estimate of drug-likeness (QED) is 0.618. The van der Waals surface area contributed by atoms with Crippen LogP contribution in [0.2, 0.25) is 0 Å². The first-order valence-corrected chi connectivity index (χ1v) is 10.5. The van der Waals surface area contributed by atoms with Crippen LogP contribution in [0.5, 0.6) is 0 Å². The molecule has 7 heteroatoms. The molecule has 3 aromatic rings. The summed E-state index contributed by atoms with van der Waals surface area (Å²) in [5.74, 6) is -0.744. The van der Waals surface area contributed by atoms with E-state index in [4.69, 9.17) is 0 Å². The molecule has 0 bridgehead atoms. The van der Waals surface area contributed by atoms with Crippen LogP contribution >= 0.6 is 0 Å². The number of rotatable bonds is 7. The van der Waals surface area contributed by atoms with Crippen molar-refractivity contribution in [2.45, 2.75) is 18.2 Å². The summed E-state index contributed by atoms with van der Waals surface area (Å²) in [5, 5.41) is 2.69. The van der Waals surface area contributed by atoms with E-state index in [2.05, 4.69) is 10.0 Å². The van der Waals surface area contributed by atoms with Crippen molar-refractivity contribution in [3.8, 4) is 0 Å². The minimum Gasteiger partial charge on any atom is -0.352 e. The van der Waals surface area contributed by atoms with Crippen molar-refractivity contribution in [3.63, 3.8) is 0 Å². The molecular formula is C22H21FN2O3S. The van der Waals surface area contributed by atoms with Crippen LogP contribution in [0.1, 0.15) is 21.5 Å². The molecule has 0 saturated carbocycles. The predicted molar refractivity (Wildman–Crippen MR) is 111 cm³/mol. The first-order valence-electron chi connectivity index (χ1n) is 9.06. The molecule has 0 aliphatic rings. The van der Waals surface area contributed by atoms with Gasteiger partial charge in [0.2, 0.25) is 0 Å². The van der Waals surface area contributed by atoms with Gasteiger partial charge in [0.1, 0.15) is 5.82 Å². The number of hydrogen-bond donors (Lipinski definition) is 2. The molecule has 29 heavy (non-hydrogen) atoms. The fourth-order valence-corrected chi connectivity index (χ4v) is 3.94. The Hall–Kier alpha value is -3.19. The SMILES string of the molecule is Cc1cccc(NS(=O)(=O)c2cccc(C(=O)NCCc3ccccc3F)c2)c1. The van der Waals surface area contributed by atoms with E-state index in [0.29, 0.717) is 17.7 Å². The highest BCUT2D eigenvalue weighted by molar-refractivity contribution is 7.92. The fourth-order valence-electron chi connectivity index (χ4n) is 2.84. The van der Waals surface area contributed by atoms with Crippen molar-refractivity contribution >= 4 is 21.6 Å². The molecule has 0 atom stereocenters. The van der Waals surface area contributed by atoms with Crippen molar-refractivity contribution < 1.29 is 17.6 Å². The van der Waals surface area contributed by atoms with Crippen LogP contribution in [-0.2, 0) is 16.4 Å². The van der Waals surface area contributed by atoms with Crippen molar-refractivity contribution in [2.75, 3.05) is 11.3 Å². The Kier molecular flexibility index (Phi) is 6.29. The van der Waals surface area contributed by atoms with Gasteiger partial charge in [-0.25, -0.2) is 12.8 Å². The molecule has 0 saturated heterocycles. The molecule has 1 amide bonds. The standard InChI is InChI=1S/C22H21FN2O3S/c1-16-6-4-9-19(14-16)25-29(27,28)20-10-5-8-18(15-20)22(26)24-13-12-17-7-2-3-11-21(17)23/h2-11,14-15,25H,12-13H2,1H3,(H,24,26). The summed E-state index contributed by atoms with van der Waals surface area (Å²) < 4.78 is 41.4. The monoisotopic (exact) mass is 412 g/mol. The van der Waals surface area contributed by atoms with Gasteiger partial charge in [0.05, 0.1) is 4.90 Å². The van der Waals surface area contributed by atoms with Crippen LogP contribution in [0.25, 0.3) is 0 Å². The number of carbonyl (C=O) groups is 1. The van der Waals surface area contributed by atoms with E-state index in [1.165, 1.54) is 30.3 Å². The van der Waals surface area contributed by atoms with Gasteiger partial charge in [-0.1, -0.05) is 36.4 Å². The van der Waals surface area contributed by atoms with Crippen LogP contribution < -0.4 is 10.0 Å². The largest absolute Gasteiger partial charge is 0.352 e. The maximum Gasteiger partial charge on any atom is 0.261 e. The van der Waals surface area contributed by atoms with Crippen LogP contribution in [0.4, 0.5) is 10.1 Å². The first-order chi connectivity index (χ1) is 13.8. The van der Waals surface area contributed by atoms with Crippen molar-refractivity contribution in [2.24, 2.45) is 0 Å². The highest BCUT2D eigenvalue weighted by Gasteiger charge is 2.16. The number of halogens is 1. The second kappa shape index (κ2) is 8.87. The molecule has 0 aliphatic heterocycles. The van der Waals surface area contributed by atoms with Crippen molar-refractivity contribution in [1.82, 2.24) is 5.32 Å². The second-order valence-corrected chi connectivity index (χ2v) is 8.28. The van der Waals surface area contributed by atoms with Gasteiger partial charge in [-0.15, -0.1) is 0 Å². The van der Waals surface area contributed by atoms with Gasteiger partial charge in [-0.05, 0) is 60.9 Å². The van der Waals surface area contributed by atoms with Gasteiger partial charge in [0.15, 0.2) is 0 Å². The van der Waals surface area contributed by atoms with Gasteiger partial charge in [-0.2, -0.15) is 0 Å². The molecule has 0 unspecified atom stereocenters. The van der Waals surface area contributed by atoms with Gasteiger partial charge >= 0.3 is 0 Å². The average Bonchev–Trinajstić information content (AvgIpc) is 2.69. The van der Waals surface area contributed by atoms with Gasteiger partial charge < -0.3 is 5.32 Å². The molecule has 0 aromatic heterocycles. The second-order valence-electron chi connectivity index (χ2n) is 6.60. The molecule has 3 rings (SSSR count). The Morgan fingerprint density at radius 1 is 0.966 bits per heavy atom. The summed E-state index contributed by atoms with van der Waals surface area (Å²) in [5.41, 5.74) is 2.09. The summed E-state index contributed by atoms with van der Waals surface area (Å²) in [6.45, 7) is 2.10. The van der Waals surface area contributed by atoms with E-state index in [0.717, 1.165) is 5.56 Å². The van der Waals surface area contributed by atoms with Crippen LogP contribution in [0.15, 0.2) is 77.7 Å². The highest BCUT2D eigenvalue weighted by atomic mass is 32.2. The summed E-state index contributed by atoms with van der Waals surface area (Å²) in [6, 6.07) is 19.1. The van der Waals surface area contributed by atoms with Crippen LogP contribution in [0.3, 0.4) is 0 Å². The third-order valence-electron chi connectivity index (χ3n) is 4.31. The smallest absolute Gasteiger partial charge is 0.261 e. The van der Waals surface area contributed by atoms with Crippen LogP contribution in [-0.4, -0.2) is 20.9 Å². The Balaban J connectivity index is 1.68. The maximum atomic E-state index is 13.6. The molecule has 0 aliphatic carbocycles. The van der Waals surface area contributed by atoms with Crippen molar-refractivity contribution in [1.29, 1.82) is 0 Å². The van der Waals surface area contributed by atoms with E-state index in [1.54, 1.807) is 36.4 Å². The lowest BCUT2D eigenvalue weighted by Crippen LogP contribution is -2.26. The third-order valence-corrected chi connectivity index (χ3v) is 5.69. The lowest BCUT2D eigenvalue weighted by atomic mass is 10.1. The number of benzene rings is 3. The molecule has 0 heterocycles. The molecule has 3 aromatic carbocycles. The van der Waals surface area contributed by atoms with E-state index in [-0.39, 0.29) is 22.8 Å². The Morgan fingerprint density at radius 3 is 2.48 bits per heavy atom. The first kappa shape index (κ1) is 20.5. The van der Waals surface area contributed by atoms with Gasteiger partial charge in [-0.3, -0.25) is 9.52 Å². The summed E-state index contributed by atoms with van der Waals surface area (Å²) in [6.07, 6.45) is 0.339. The fraction of sp³-hybridized carbons (Fsp3) is 0.136. The van der Waals surface area contributed by atoms with Crippen molar-refractivity contribution in [3.05, 3.63) is 95.3 Å². The van der Waals surface area contributed by atoms with E-state index in [9.17, 15) is 17.6 Å². The molecule has 150 valence electrons. The maximum absolute atomic E-state index is 13.6. The predicted octanol–water partition coefficient (Wildman–Crippen LogP) is 3.91. The lowest BCUT2D eigenvalue weighted by Gasteiger charge is -2.10. The number of anilines is 1. The molecule has 0 spiro atoms. The van der Waals surface area contributed by atoms with Crippen LogP contribution in [0, 0.1) is 12.7 Å². The van der Waals surface area contributed by atoms with E-state index < -0.39 is 15.9 Å². The lowest BCUT2D eigenvalue weighted by molar-refractivity contribution is 0.0954. The summed E-state index contributed by atoms with van der Waals surface area (Å²) in [7, 11) is -3.83. The molecule has 5 nitrogen and oxygen atoms in total. The normalized spacial score (nSPS) is 11.1. The zero-order valence-electron chi connectivity index (χ0n) is 15.9. The number of nitrogens with one attached hydrogen (secondary N) is 2.